The van der Waals surface area contributed by atoms with Gasteiger partial charge in [-0.2, -0.15) is 0 Å². The van der Waals surface area contributed by atoms with Gasteiger partial charge in [-0.1, -0.05) is 52.5 Å². The summed E-state index contributed by atoms with van der Waals surface area (Å²) in [5.41, 5.74) is 1.59. The SMILES string of the molecule is CC(C)(C)[C@H](NC(=O)C(NC(=O)c1cnc(C(=O)NCCOCCOCCNC(=O)CCOCCOCCOCCOCCNc2cccc3c2CN(C2CCC(=O)NC2=O)C3=O)cn1)C1CCCCC1)C(=O)N1C[C@H]2CCC[C@H]2C1. The van der Waals surface area contributed by atoms with Crippen LogP contribution < -0.4 is 31.9 Å². The number of hydrogen-bond donors (Lipinski definition) is 6. The van der Waals surface area contributed by atoms with E-state index in [-0.39, 0.29) is 92.7 Å². The van der Waals surface area contributed by atoms with E-state index in [0.29, 0.717) is 96.3 Å². The Morgan fingerprint density at radius 1 is 0.667 bits per heavy atom. The Bertz CT molecular complexity index is 2420. The average molecular weight is 1130 g/mol. The molecule has 7 rings (SSSR count). The van der Waals surface area contributed by atoms with Gasteiger partial charge in [0.1, 0.15) is 29.5 Å². The van der Waals surface area contributed by atoms with Crippen LogP contribution in [0.4, 0.5) is 5.69 Å². The van der Waals surface area contributed by atoms with E-state index >= 15 is 0 Å². The van der Waals surface area contributed by atoms with Gasteiger partial charge >= 0.3 is 0 Å². The summed E-state index contributed by atoms with van der Waals surface area (Å²) in [7, 11) is 0. The zero-order valence-electron chi connectivity index (χ0n) is 47.4. The Morgan fingerprint density at radius 3 is 1.85 bits per heavy atom. The number of aromatic nitrogens is 2. The molecule has 24 heteroatoms. The number of amides is 8. The second-order valence-corrected chi connectivity index (χ2v) is 22.3. The third-order valence-electron chi connectivity index (χ3n) is 15.5. The van der Waals surface area contributed by atoms with Crippen molar-refractivity contribution in [1.82, 2.24) is 46.4 Å². The van der Waals surface area contributed by atoms with Crippen molar-refractivity contribution in [1.29, 1.82) is 0 Å². The van der Waals surface area contributed by atoms with Crippen molar-refractivity contribution in [3.05, 3.63) is 53.1 Å². The number of nitrogens with one attached hydrogen (secondary N) is 6. The molecule has 2 saturated carbocycles. The first kappa shape index (κ1) is 62.4. The second-order valence-electron chi connectivity index (χ2n) is 22.3. The van der Waals surface area contributed by atoms with Crippen LogP contribution in [0.25, 0.3) is 0 Å². The fourth-order valence-corrected chi connectivity index (χ4v) is 11.1. The monoisotopic (exact) mass is 1130 g/mol. The Balaban J connectivity index is 0.647. The second kappa shape index (κ2) is 31.9. The topological polar surface area (TPSA) is 296 Å². The van der Waals surface area contributed by atoms with Crippen LogP contribution in [0.15, 0.2) is 30.6 Å². The van der Waals surface area contributed by atoms with Crippen molar-refractivity contribution < 1.29 is 66.8 Å². The average Bonchev–Trinajstić information content (AvgIpc) is 4.41. The molecule has 4 heterocycles. The number of fused-ring (bicyclic) bond motifs is 2. The van der Waals surface area contributed by atoms with Gasteiger partial charge in [0.25, 0.3) is 17.7 Å². The summed E-state index contributed by atoms with van der Waals surface area (Å²) in [5, 5.41) is 17.1. The van der Waals surface area contributed by atoms with Crippen molar-refractivity contribution in [2.45, 2.75) is 116 Å². The molecule has 0 radical (unpaired) electrons. The van der Waals surface area contributed by atoms with Crippen LogP contribution in [0, 0.1) is 23.2 Å². The van der Waals surface area contributed by atoms with Gasteiger partial charge in [-0.05, 0) is 67.4 Å². The fraction of sp³-hybridized carbons (Fsp3) is 0.684. The van der Waals surface area contributed by atoms with Crippen LogP contribution >= 0.6 is 0 Å². The Morgan fingerprint density at radius 2 is 1.25 bits per heavy atom. The summed E-state index contributed by atoms with van der Waals surface area (Å²) < 4.78 is 33.3. The van der Waals surface area contributed by atoms with Gasteiger partial charge in [-0.15, -0.1) is 0 Å². The molecule has 81 heavy (non-hydrogen) atoms. The lowest BCUT2D eigenvalue weighted by Crippen LogP contribution is -2.60. The highest BCUT2D eigenvalue weighted by molar-refractivity contribution is 6.06. The number of anilines is 1. The number of carbonyl (C=O) groups is 8. The summed E-state index contributed by atoms with van der Waals surface area (Å²) in [6.45, 7) is 12.6. The molecule has 5 atom stereocenters. The van der Waals surface area contributed by atoms with Crippen molar-refractivity contribution in [3.63, 3.8) is 0 Å². The molecule has 446 valence electrons. The summed E-state index contributed by atoms with van der Waals surface area (Å²) in [6.07, 6.45) is 11.1. The summed E-state index contributed by atoms with van der Waals surface area (Å²) in [5.74, 6) is -1.72. The van der Waals surface area contributed by atoms with Gasteiger partial charge in [0.05, 0.1) is 91.7 Å². The number of rotatable bonds is 33. The molecule has 2 aromatic rings. The fourth-order valence-electron chi connectivity index (χ4n) is 11.1. The van der Waals surface area contributed by atoms with Crippen molar-refractivity contribution in [3.8, 4) is 0 Å². The molecule has 0 spiro atoms. The highest BCUT2D eigenvalue weighted by Gasteiger charge is 2.45. The van der Waals surface area contributed by atoms with Crippen LogP contribution in [0.3, 0.4) is 0 Å². The molecular formula is C57H84N10O14. The maximum absolute atomic E-state index is 14.1. The van der Waals surface area contributed by atoms with Gasteiger partial charge in [0.2, 0.25) is 29.5 Å². The standard InChI is InChI=1S/C57H84N10O14/c1-57(2,3)50(56(75)66-35-39-11-7-12-40(39)36-66)65-54(73)49(38-9-5-4-6-10-38)64-52(71)45-34-61-44(33-62-45)51(70)60-20-24-79-27-26-78-23-19-59-47(68)17-21-76-25-29-80-31-32-81-30-28-77-22-18-58-43-14-8-13-41-42(43)37-67(55(41)74)46-15-16-48(69)63-53(46)72/h8,13-14,33-34,38-40,46,49-50,58H,4-7,9-12,15-32,35-37H2,1-3H3,(H,59,68)(H,60,70)(H,64,71)(H,65,73)(H,63,69,72)/t39-,40+,46?,49?,50-/m1/s1. The van der Waals surface area contributed by atoms with Gasteiger partial charge in [0, 0.05) is 68.9 Å². The summed E-state index contributed by atoms with van der Waals surface area (Å²) in [4.78, 5) is 115. The van der Waals surface area contributed by atoms with Crippen LogP contribution in [-0.2, 0) is 58.9 Å². The third-order valence-corrected chi connectivity index (χ3v) is 15.5. The van der Waals surface area contributed by atoms with Crippen LogP contribution in [0.5, 0.6) is 0 Å². The zero-order valence-corrected chi connectivity index (χ0v) is 47.4. The molecule has 8 amide bonds. The van der Waals surface area contributed by atoms with E-state index in [1.807, 2.05) is 31.7 Å². The molecule has 4 fully saturated rings. The van der Waals surface area contributed by atoms with E-state index in [2.05, 4.69) is 41.9 Å². The van der Waals surface area contributed by atoms with Crippen molar-refractivity contribution >= 4 is 52.9 Å². The largest absolute Gasteiger partial charge is 0.382 e. The first-order valence-corrected chi connectivity index (χ1v) is 28.9. The molecule has 2 unspecified atom stereocenters. The van der Waals surface area contributed by atoms with E-state index in [0.717, 1.165) is 69.3 Å². The Hall–Kier alpha value is -6.18. The highest BCUT2D eigenvalue weighted by Crippen LogP contribution is 2.39. The summed E-state index contributed by atoms with van der Waals surface area (Å²) >= 11 is 0. The minimum absolute atomic E-state index is 0.0107. The predicted molar refractivity (Wildman–Crippen MR) is 295 cm³/mol. The van der Waals surface area contributed by atoms with E-state index < -0.39 is 41.3 Å². The molecule has 6 N–H and O–H groups in total. The zero-order chi connectivity index (χ0) is 57.6. The number of ether oxygens (including phenoxy) is 6. The highest BCUT2D eigenvalue weighted by atomic mass is 16.6. The van der Waals surface area contributed by atoms with Gasteiger partial charge < -0.3 is 64.8 Å². The number of piperidine rings is 1. The maximum atomic E-state index is 14.1. The molecule has 3 aliphatic heterocycles. The molecule has 1 aromatic carbocycles. The van der Waals surface area contributed by atoms with Crippen LogP contribution in [0.1, 0.15) is 128 Å². The number of imide groups is 1. The lowest BCUT2D eigenvalue weighted by atomic mass is 9.82. The van der Waals surface area contributed by atoms with Gasteiger partial charge in [0.15, 0.2) is 0 Å². The number of hydrogen-bond acceptors (Lipinski definition) is 17. The number of nitrogens with zero attached hydrogens (tertiary/aromatic N) is 4. The molecular weight excluding hydrogens is 1050 g/mol. The first-order chi connectivity index (χ1) is 39.2. The molecule has 1 aromatic heterocycles. The van der Waals surface area contributed by atoms with Crippen LogP contribution in [-0.4, -0.2) is 197 Å². The van der Waals surface area contributed by atoms with Crippen molar-refractivity contribution in [2.24, 2.45) is 23.2 Å². The molecule has 0 bridgehead atoms. The Kier molecular flexibility index (Phi) is 24.6. The summed E-state index contributed by atoms with van der Waals surface area (Å²) in [6, 6.07) is 3.15. The molecule has 2 saturated heterocycles. The Labute approximate surface area is 474 Å². The molecule has 24 nitrogen and oxygen atoms in total. The van der Waals surface area contributed by atoms with E-state index in [9.17, 15) is 38.4 Å². The first-order valence-electron chi connectivity index (χ1n) is 28.9. The lowest BCUT2D eigenvalue weighted by molar-refractivity contribution is -0.139. The normalized spacial score (nSPS) is 19.8. The lowest BCUT2D eigenvalue weighted by Gasteiger charge is -2.36. The smallest absolute Gasteiger partial charge is 0.272 e. The predicted octanol–water partition coefficient (Wildman–Crippen LogP) is 2.15. The van der Waals surface area contributed by atoms with Gasteiger partial charge in [-0.25, -0.2) is 9.97 Å². The maximum Gasteiger partial charge on any atom is 0.272 e. The third kappa shape index (κ3) is 18.9. The van der Waals surface area contributed by atoms with E-state index in [4.69, 9.17) is 28.4 Å². The number of carbonyl (C=O) groups excluding carboxylic acids is 8. The van der Waals surface area contributed by atoms with E-state index in [1.54, 1.807) is 12.1 Å². The minimum Gasteiger partial charge on any atom is -0.382 e. The molecule has 5 aliphatic rings. The van der Waals surface area contributed by atoms with Gasteiger partial charge in [-0.3, -0.25) is 43.7 Å². The quantitative estimate of drug-likeness (QED) is 0.0441. The van der Waals surface area contributed by atoms with Crippen LogP contribution in [0.2, 0.25) is 0 Å². The van der Waals surface area contributed by atoms with E-state index in [1.165, 1.54) is 23.7 Å². The molecule has 2 aliphatic carbocycles. The van der Waals surface area contributed by atoms with Crippen molar-refractivity contribution in [2.75, 3.05) is 117 Å². The number of benzene rings is 1. The minimum atomic E-state index is -0.867. The number of likely N-dealkylation sites (tertiary alicyclic amines) is 1.